The van der Waals surface area contributed by atoms with Gasteiger partial charge in [0.05, 0.1) is 6.10 Å². The third-order valence-corrected chi connectivity index (χ3v) is 8.38. The lowest BCUT2D eigenvalue weighted by molar-refractivity contribution is -0.0427. The number of hydrogen-bond donors (Lipinski definition) is 3. The van der Waals surface area contributed by atoms with Gasteiger partial charge in [0.2, 0.25) is 0 Å². The molecule has 0 heterocycles. The van der Waals surface area contributed by atoms with Crippen molar-refractivity contribution >= 4 is 6.09 Å². The summed E-state index contributed by atoms with van der Waals surface area (Å²) >= 11 is 0. The van der Waals surface area contributed by atoms with Crippen LogP contribution in [0.1, 0.15) is 65.2 Å². The van der Waals surface area contributed by atoms with Gasteiger partial charge in [-0.1, -0.05) is 25.5 Å². The highest BCUT2D eigenvalue weighted by Gasteiger charge is 2.58. The summed E-state index contributed by atoms with van der Waals surface area (Å²) in [6, 6.07) is 0.118. The van der Waals surface area contributed by atoms with Gasteiger partial charge in [0.1, 0.15) is 0 Å². The van der Waals surface area contributed by atoms with Crippen molar-refractivity contribution in [2.45, 2.75) is 77.4 Å². The van der Waals surface area contributed by atoms with E-state index in [2.05, 4.69) is 25.2 Å². The van der Waals surface area contributed by atoms with E-state index in [1.807, 2.05) is 0 Å². The van der Waals surface area contributed by atoms with Gasteiger partial charge in [-0.05, 0) is 80.0 Å². The molecule has 24 heavy (non-hydrogen) atoms. The molecule has 0 saturated heterocycles. The first-order chi connectivity index (χ1) is 11.3. The molecule has 0 aliphatic heterocycles. The number of amides is 1. The number of fused-ring (bicyclic) bond motifs is 5. The lowest BCUT2D eigenvalue weighted by atomic mass is 9.48. The molecule has 7 atom stereocenters. The average molecular weight is 333 g/mol. The molecule has 4 rings (SSSR count). The van der Waals surface area contributed by atoms with E-state index in [1.54, 1.807) is 0 Å². The van der Waals surface area contributed by atoms with Crippen molar-refractivity contribution in [1.82, 2.24) is 5.32 Å². The summed E-state index contributed by atoms with van der Waals surface area (Å²) in [5, 5.41) is 22.1. The van der Waals surface area contributed by atoms with E-state index in [4.69, 9.17) is 0 Å². The Labute approximate surface area is 144 Å². The first-order valence-corrected chi connectivity index (χ1v) is 9.71. The van der Waals surface area contributed by atoms with Crippen LogP contribution in [0.4, 0.5) is 4.79 Å². The van der Waals surface area contributed by atoms with Gasteiger partial charge in [-0.3, -0.25) is 0 Å². The molecular weight excluding hydrogens is 302 g/mol. The number of hydrogen-bond acceptors (Lipinski definition) is 2. The van der Waals surface area contributed by atoms with Gasteiger partial charge in [0, 0.05) is 6.04 Å². The highest BCUT2D eigenvalue weighted by molar-refractivity contribution is 5.65. The number of aliphatic hydroxyl groups is 1. The molecule has 0 bridgehead atoms. The van der Waals surface area contributed by atoms with E-state index in [0.29, 0.717) is 17.8 Å². The third-order valence-electron chi connectivity index (χ3n) is 8.38. The Kier molecular flexibility index (Phi) is 3.76. The van der Waals surface area contributed by atoms with E-state index < -0.39 is 6.09 Å². The van der Waals surface area contributed by atoms with Crippen LogP contribution in [0.5, 0.6) is 0 Å². The maximum atomic E-state index is 11.2. The van der Waals surface area contributed by atoms with E-state index in [-0.39, 0.29) is 23.0 Å². The zero-order valence-corrected chi connectivity index (χ0v) is 14.9. The quantitative estimate of drug-likeness (QED) is 0.636. The fraction of sp³-hybridized carbons (Fsp3) is 0.850. The third kappa shape index (κ3) is 2.25. The summed E-state index contributed by atoms with van der Waals surface area (Å²) < 4.78 is 0. The van der Waals surface area contributed by atoms with Crippen LogP contribution in [-0.4, -0.2) is 28.5 Å². The normalized spacial score (nSPS) is 50.3. The summed E-state index contributed by atoms with van der Waals surface area (Å²) in [5.41, 5.74) is 1.89. The monoisotopic (exact) mass is 333 g/mol. The number of allylic oxidation sites excluding steroid dienone is 1. The van der Waals surface area contributed by atoms with E-state index in [9.17, 15) is 15.0 Å². The van der Waals surface area contributed by atoms with Crippen molar-refractivity contribution in [1.29, 1.82) is 0 Å². The maximum Gasteiger partial charge on any atom is 0.404 e. The van der Waals surface area contributed by atoms with Crippen LogP contribution in [-0.2, 0) is 0 Å². The maximum absolute atomic E-state index is 11.2. The zero-order chi connectivity index (χ0) is 17.1. The Bertz CT molecular complexity index is 573. The molecule has 3 N–H and O–H groups in total. The van der Waals surface area contributed by atoms with E-state index in [0.717, 1.165) is 44.9 Å². The fourth-order valence-corrected chi connectivity index (χ4v) is 7.03. The molecule has 3 saturated carbocycles. The zero-order valence-electron chi connectivity index (χ0n) is 14.9. The van der Waals surface area contributed by atoms with Crippen LogP contribution < -0.4 is 5.32 Å². The van der Waals surface area contributed by atoms with Gasteiger partial charge in [-0.2, -0.15) is 0 Å². The van der Waals surface area contributed by atoms with Crippen LogP contribution >= 0.6 is 0 Å². The summed E-state index contributed by atoms with van der Waals surface area (Å²) in [4.78, 5) is 11.2. The second-order valence-electron chi connectivity index (χ2n) is 9.28. The average Bonchev–Trinajstić information content (AvgIpc) is 2.84. The first-order valence-electron chi connectivity index (χ1n) is 9.71. The van der Waals surface area contributed by atoms with Gasteiger partial charge in [0.15, 0.2) is 0 Å². The molecule has 4 heteroatoms. The molecule has 4 aliphatic rings. The fourth-order valence-electron chi connectivity index (χ4n) is 7.03. The van der Waals surface area contributed by atoms with Crippen molar-refractivity contribution < 1.29 is 15.0 Å². The van der Waals surface area contributed by atoms with Crippen molar-refractivity contribution in [3.05, 3.63) is 11.6 Å². The molecule has 0 aromatic carbocycles. The molecular formula is C20H31NO3. The first kappa shape index (κ1) is 16.4. The predicted octanol–water partition coefficient (Wildman–Crippen LogP) is 3.95. The standard InChI is InChI=1S/C20H31NO3/c1-19-9-7-13(22)11-12(19)3-4-14-15-5-6-17(21-18(23)24)20(15,2)10-8-16(14)19/h3,13-17,21-22H,4-11H2,1-2H3,(H,23,24)/t13-,14?,15?,16?,17?,19+,20+/m1/s1. The van der Waals surface area contributed by atoms with Crippen LogP contribution in [0, 0.1) is 28.6 Å². The van der Waals surface area contributed by atoms with Crippen molar-refractivity contribution in [2.24, 2.45) is 28.6 Å². The Morgan fingerprint density at radius 2 is 1.96 bits per heavy atom. The molecule has 4 unspecified atom stereocenters. The number of aliphatic hydroxyl groups excluding tert-OH is 1. The van der Waals surface area contributed by atoms with Crippen LogP contribution in [0.15, 0.2) is 11.6 Å². The SMILES string of the molecule is C[C@]12CCC3C(CC=C4C[C@H](O)CC[C@@]43C)C1CCC2NC(=O)O. The molecule has 0 aromatic heterocycles. The molecule has 4 aliphatic carbocycles. The molecule has 1 amide bonds. The lowest BCUT2D eigenvalue weighted by Crippen LogP contribution is -2.53. The topological polar surface area (TPSA) is 69.6 Å². The molecule has 0 radical (unpaired) electrons. The van der Waals surface area contributed by atoms with Gasteiger partial charge in [-0.15, -0.1) is 0 Å². The van der Waals surface area contributed by atoms with Crippen LogP contribution in [0.25, 0.3) is 0 Å². The highest BCUT2D eigenvalue weighted by Crippen LogP contribution is 2.64. The van der Waals surface area contributed by atoms with E-state index >= 15 is 0 Å². The molecule has 4 nitrogen and oxygen atoms in total. The summed E-state index contributed by atoms with van der Waals surface area (Å²) in [5.74, 6) is 2.04. The van der Waals surface area contributed by atoms with Gasteiger partial charge >= 0.3 is 6.09 Å². The van der Waals surface area contributed by atoms with Crippen molar-refractivity contribution in [3.63, 3.8) is 0 Å². The number of rotatable bonds is 1. The molecule has 134 valence electrons. The van der Waals surface area contributed by atoms with Crippen molar-refractivity contribution in [2.75, 3.05) is 0 Å². The summed E-state index contributed by atoms with van der Waals surface area (Å²) in [7, 11) is 0. The minimum Gasteiger partial charge on any atom is -0.465 e. The Morgan fingerprint density at radius 1 is 1.17 bits per heavy atom. The lowest BCUT2D eigenvalue weighted by Gasteiger charge is -2.57. The van der Waals surface area contributed by atoms with Gasteiger partial charge < -0.3 is 15.5 Å². The van der Waals surface area contributed by atoms with Crippen LogP contribution in [0.3, 0.4) is 0 Å². The molecule has 3 fully saturated rings. The molecule has 0 aromatic rings. The Hall–Kier alpha value is -1.03. The van der Waals surface area contributed by atoms with Gasteiger partial charge in [-0.25, -0.2) is 4.79 Å². The Balaban J connectivity index is 1.62. The smallest absolute Gasteiger partial charge is 0.404 e. The predicted molar refractivity (Wildman–Crippen MR) is 92.7 cm³/mol. The molecule has 0 spiro atoms. The van der Waals surface area contributed by atoms with Crippen molar-refractivity contribution in [3.8, 4) is 0 Å². The number of nitrogens with one attached hydrogen (secondary N) is 1. The second-order valence-corrected chi connectivity index (χ2v) is 9.28. The Morgan fingerprint density at radius 3 is 2.71 bits per heavy atom. The minimum atomic E-state index is -0.872. The van der Waals surface area contributed by atoms with Crippen LogP contribution in [0.2, 0.25) is 0 Å². The summed E-state index contributed by atoms with van der Waals surface area (Å²) in [6.07, 6.45) is 9.94. The second kappa shape index (κ2) is 5.48. The number of carboxylic acid groups (broad SMARTS) is 1. The minimum absolute atomic E-state index is 0.118. The number of carbonyl (C=O) groups is 1. The van der Waals surface area contributed by atoms with Gasteiger partial charge in [0.25, 0.3) is 0 Å². The summed E-state index contributed by atoms with van der Waals surface area (Å²) in [6.45, 7) is 4.76. The largest absolute Gasteiger partial charge is 0.465 e. The highest BCUT2D eigenvalue weighted by atomic mass is 16.4. The van der Waals surface area contributed by atoms with E-state index in [1.165, 1.54) is 12.0 Å².